The summed E-state index contributed by atoms with van der Waals surface area (Å²) < 4.78 is 4.99. The van der Waals surface area contributed by atoms with Gasteiger partial charge in [-0.05, 0) is 6.42 Å². The molecule has 1 fully saturated rings. The Morgan fingerprint density at radius 3 is 2.25 bits per heavy atom. The molecule has 0 saturated carbocycles. The zero-order valence-electron chi connectivity index (χ0n) is 16.2. The van der Waals surface area contributed by atoms with Crippen LogP contribution in [0.25, 0.3) is 0 Å². The van der Waals surface area contributed by atoms with Gasteiger partial charge in [-0.3, -0.25) is 4.79 Å². The quantitative estimate of drug-likeness (QED) is 0.638. The molecule has 0 aliphatic carbocycles. The molecule has 1 saturated heterocycles. The van der Waals surface area contributed by atoms with Crippen LogP contribution in [0.3, 0.4) is 0 Å². The van der Waals surface area contributed by atoms with Crippen LogP contribution in [0.1, 0.15) is 44.5 Å². The van der Waals surface area contributed by atoms with Gasteiger partial charge < -0.3 is 15.0 Å². The predicted molar refractivity (Wildman–Crippen MR) is 103 cm³/mol. The Morgan fingerprint density at radius 2 is 1.75 bits per heavy atom. The molecule has 0 atom stereocenters. The SMILES string of the molecule is CC.CC(C)C(=O)c1ccccc1.COCCCN1CCNCC1. The molecule has 1 aliphatic rings. The molecule has 4 nitrogen and oxygen atoms in total. The van der Waals surface area contributed by atoms with Crippen molar-refractivity contribution in [1.82, 2.24) is 10.2 Å². The van der Waals surface area contributed by atoms with Crippen molar-refractivity contribution in [1.29, 1.82) is 0 Å². The molecular formula is C20H36N2O2. The molecule has 1 N–H and O–H groups in total. The van der Waals surface area contributed by atoms with Gasteiger partial charge in [0.05, 0.1) is 0 Å². The van der Waals surface area contributed by atoms with Gasteiger partial charge in [-0.15, -0.1) is 0 Å². The number of ketones is 1. The maximum absolute atomic E-state index is 11.3. The Bertz CT molecular complexity index is 401. The van der Waals surface area contributed by atoms with Gasteiger partial charge in [-0.25, -0.2) is 0 Å². The highest BCUT2D eigenvalue weighted by Crippen LogP contribution is 2.06. The molecule has 0 aromatic heterocycles. The molecule has 24 heavy (non-hydrogen) atoms. The second-order valence-corrected chi connectivity index (χ2v) is 5.82. The minimum Gasteiger partial charge on any atom is -0.385 e. The van der Waals surface area contributed by atoms with Gasteiger partial charge in [0, 0.05) is 57.9 Å². The van der Waals surface area contributed by atoms with Crippen molar-refractivity contribution in [3.05, 3.63) is 35.9 Å². The molecule has 0 spiro atoms. The van der Waals surface area contributed by atoms with E-state index < -0.39 is 0 Å². The van der Waals surface area contributed by atoms with E-state index in [1.54, 1.807) is 7.11 Å². The molecule has 4 heteroatoms. The first-order valence-electron chi connectivity index (χ1n) is 9.16. The van der Waals surface area contributed by atoms with Gasteiger partial charge in [0.15, 0.2) is 5.78 Å². The van der Waals surface area contributed by atoms with Crippen LogP contribution >= 0.6 is 0 Å². The third kappa shape index (κ3) is 10.5. The minimum atomic E-state index is 0.0948. The second-order valence-electron chi connectivity index (χ2n) is 5.82. The summed E-state index contributed by atoms with van der Waals surface area (Å²) in [6, 6.07) is 9.38. The fraction of sp³-hybridized carbons (Fsp3) is 0.650. The van der Waals surface area contributed by atoms with Crippen LogP contribution in [0.15, 0.2) is 30.3 Å². The number of nitrogens with one attached hydrogen (secondary N) is 1. The number of ether oxygens (including phenoxy) is 1. The molecular weight excluding hydrogens is 300 g/mol. The lowest BCUT2D eigenvalue weighted by molar-refractivity contribution is 0.0939. The van der Waals surface area contributed by atoms with E-state index >= 15 is 0 Å². The van der Waals surface area contributed by atoms with Crippen molar-refractivity contribution in [3.8, 4) is 0 Å². The molecule has 138 valence electrons. The molecule has 0 bridgehead atoms. The van der Waals surface area contributed by atoms with E-state index in [0.29, 0.717) is 0 Å². The average molecular weight is 337 g/mol. The molecule has 0 radical (unpaired) electrons. The van der Waals surface area contributed by atoms with Crippen molar-refractivity contribution >= 4 is 5.78 Å². The first kappa shape index (κ1) is 22.8. The van der Waals surface area contributed by atoms with Gasteiger partial charge in [0.1, 0.15) is 0 Å². The van der Waals surface area contributed by atoms with Gasteiger partial charge in [0.25, 0.3) is 0 Å². The monoisotopic (exact) mass is 336 g/mol. The number of methoxy groups -OCH3 is 1. The fourth-order valence-electron chi connectivity index (χ4n) is 2.30. The van der Waals surface area contributed by atoms with Crippen molar-refractivity contribution < 1.29 is 9.53 Å². The molecule has 0 amide bonds. The van der Waals surface area contributed by atoms with Gasteiger partial charge in [0.2, 0.25) is 0 Å². The number of carbonyl (C=O) groups is 1. The van der Waals surface area contributed by atoms with E-state index in [1.807, 2.05) is 58.0 Å². The lowest BCUT2D eigenvalue weighted by atomic mass is 10.0. The summed E-state index contributed by atoms with van der Waals surface area (Å²) in [5, 5.41) is 3.33. The van der Waals surface area contributed by atoms with E-state index in [0.717, 1.165) is 31.7 Å². The number of carbonyl (C=O) groups excluding carboxylic acids is 1. The first-order valence-corrected chi connectivity index (χ1v) is 9.16. The summed E-state index contributed by atoms with van der Waals surface area (Å²) in [7, 11) is 1.76. The van der Waals surface area contributed by atoms with Crippen LogP contribution in [-0.2, 0) is 4.74 Å². The number of nitrogens with zero attached hydrogens (tertiary/aromatic N) is 1. The molecule has 1 aromatic rings. The normalized spacial score (nSPS) is 14.2. The number of hydrogen-bond donors (Lipinski definition) is 1. The van der Waals surface area contributed by atoms with E-state index in [4.69, 9.17) is 4.74 Å². The van der Waals surface area contributed by atoms with Crippen LogP contribution in [-0.4, -0.2) is 57.1 Å². The van der Waals surface area contributed by atoms with E-state index in [2.05, 4.69) is 10.2 Å². The van der Waals surface area contributed by atoms with Gasteiger partial charge in [-0.2, -0.15) is 0 Å². The summed E-state index contributed by atoms with van der Waals surface area (Å²) in [6.45, 7) is 14.6. The van der Waals surface area contributed by atoms with Crippen molar-refractivity contribution in [2.45, 2.75) is 34.1 Å². The summed E-state index contributed by atoms with van der Waals surface area (Å²) in [5.74, 6) is 0.308. The van der Waals surface area contributed by atoms with Crippen LogP contribution < -0.4 is 5.32 Å². The second kappa shape index (κ2) is 15.3. The highest BCUT2D eigenvalue weighted by atomic mass is 16.5. The summed E-state index contributed by atoms with van der Waals surface area (Å²) in [4.78, 5) is 13.8. The molecule has 1 heterocycles. The van der Waals surface area contributed by atoms with Crippen LogP contribution in [0.4, 0.5) is 0 Å². The molecule has 2 rings (SSSR count). The van der Waals surface area contributed by atoms with Crippen LogP contribution in [0.5, 0.6) is 0 Å². The number of rotatable bonds is 6. The standard InChI is InChI=1S/C10H12O.C8H18N2O.C2H6/c1-8(2)10(11)9-6-4-3-5-7-9;1-11-8-2-5-10-6-3-9-4-7-10;1-2/h3-8H,1-2H3;9H,2-8H2,1H3;1-2H3. The number of hydrogen-bond acceptors (Lipinski definition) is 4. The topological polar surface area (TPSA) is 41.6 Å². The lowest BCUT2D eigenvalue weighted by Gasteiger charge is -2.26. The number of Topliss-reactive ketones (excluding diaryl/α,β-unsaturated/α-hetero) is 1. The zero-order chi connectivity index (χ0) is 18.2. The highest BCUT2D eigenvalue weighted by Gasteiger charge is 2.08. The number of benzene rings is 1. The Labute approximate surface area is 148 Å². The predicted octanol–water partition coefficient (Wildman–Crippen LogP) is 3.48. The van der Waals surface area contributed by atoms with Crippen molar-refractivity contribution in [2.75, 3.05) is 46.4 Å². The van der Waals surface area contributed by atoms with Crippen LogP contribution in [0, 0.1) is 5.92 Å². The maximum Gasteiger partial charge on any atom is 0.165 e. The van der Waals surface area contributed by atoms with Crippen molar-refractivity contribution in [3.63, 3.8) is 0 Å². The summed E-state index contributed by atoms with van der Waals surface area (Å²) >= 11 is 0. The third-order valence-electron chi connectivity index (χ3n) is 3.62. The summed E-state index contributed by atoms with van der Waals surface area (Å²) in [5.41, 5.74) is 0.808. The average Bonchev–Trinajstić information content (AvgIpc) is 2.65. The summed E-state index contributed by atoms with van der Waals surface area (Å²) in [6.07, 6.45) is 1.16. The molecule has 0 unspecified atom stereocenters. The Kier molecular flexibility index (Phi) is 14.5. The molecule has 1 aliphatic heterocycles. The van der Waals surface area contributed by atoms with Crippen LogP contribution in [0.2, 0.25) is 0 Å². The Morgan fingerprint density at radius 1 is 1.17 bits per heavy atom. The lowest BCUT2D eigenvalue weighted by Crippen LogP contribution is -2.43. The number of piperazine rings is 1. The first-order chi connectivity index (χ1) is 11.6. The zero-order valence-corrected chi connectivity index (χ0v) is 16.2. The third-order valence-corrected chi connectivity index (χ3v) is 3.62. The minimum absolute atomic E-state index is 0.0948. The Balaban J connectivity index is 0.000000400. The smallest absolute Gasteiger partial charge is 0.165 e. The maximum atomic E-state index is 11.3. The fourth-order valence-corrected chi connectivity index (χ4v) is 2.30. The Hall–Kier alpha value is -1.23. The van der Waals surface area contributed by atoms with E-state index in [-0.39, 0.29) is 11.7 Å². The van der Waals surface area contributed by atoms with Gasteiger partial charge >= 0.3 is 0 Å². The van der Waals surface area contributed by atoms with E-state index in [9.17, 15) is 4.79 Å². The largest absolute Gasteiger partial charge is 0.385 e. The van der Waals surface area contributed by atoms with Gasteiger partial charge in [-0.1, -0.05) is 58.0 Å². The van der Waals surface area contributed by atoms with E-state index in [1.165, 1.54) is 19.6 Å². The molecule has 1 aromatic carbocycles. The van der Waals surface area contributed by atoms with Crippen molar-refractivity contribution in [2.24, 2.45) is 5.92 Å². The highest BCUT2D eigenvalue weighted by molar-refractivity contribution is 5.97.